The van der Waals surface area contributed by atoms with Crippen molar-refractivity contribution in [3.8, 4) is 0 Å². The molecule has 0 spiro atoms. The van der Waals surface area contributed by atoms with Crippen molar-refractivity contribution in [1.82, 2.24) is 0 Å². The SMILES string of the molecule is CCCC[O-].[Ca+2].[Cl-]. The molecule has 0 atom stereocenters. The molecular weight excluding hydrogens is 140 g/mol. The standard InChI is InChI=1S/C4H9O.Ca.ClH/c1-2-3-4-5;;/h2-4H2,1H3;;1H/q-1;+2;/p-1. The van der Waals surface area contributed by atoms with Gasteiger partial charge in [-0.05, 0) is 0 Å². The average molecular weight is 149 g/mol. The van der Waals surface area contributed by atoms with Crippen molar-refractivity contribution in [3.05, 3.63) is 0 Å². The van der Waals surface area contributed by atoms with E-state index in [0.717, 1.165) is 12.8 Å². The summed E-state index contributed by atoms with van der Waals surface area (Å²) >= 11 is 0. The Kier molecular flexibility index (Phi) is 35.3. The molecule has 0 radical (unpaired) electrons. The molecule has 3 heteroatoms. The first-order valence-electron chi connectivity index (χ1n) is 2.00. The summed E-state index contributed by atoms with van der Waals surface area (Å²) in [5.74, 6) is 0. The van der Waals surface area contributed by atoms with E-state index in [4.69, 9.17) is 0 Å². The smallest absolute Gasteiger partial charge is 1.00 e. The van der Waals surface area contributed by atoms with Gasteiger partial charge in [-0.25, -0.2) is 0 Å². The summed E-state index contributed by atoms with van der Waals surface area (Å²) in [6.45, 7) is 2.11. The van der Waals surface area contributed by atoms with E-state index in [0.29, 0.717) is 0 Å². The Balaban J connectivity index is -0.0000000800. The number of rotatable bonds is 2. The van der Waals surface area contributed by atoms with Gasteiger partial charge in [0, 0.05) is 0 Å². The van der Waals surface area contributed by atoms with Gasteiger partial charge in [0.25, 0.3) is 0 Å². The molecule has 0 rings (SSSR count). The van der Waals surface area contributed by atoms with E-state index in [1.807, 2.05) is 6.92 Å². The molecular formula is C4H9CaClO. The molecule has 0 fully saturated rings. The maximum absolute atomic E-state index is 9.53. The fourth-order valence-corrected chi connectivity index (χ4v) is 0.144. The fourth-order valence-electron chi connectivity index (χ4n) is 0.144. The van der Waals surface area contributed by atoms with Crippen LogP contribution in [0.3, 0.4) is 0 Å². The van der Waals surface area contributed by atoms with E-state index in [-0.39, 0.29) is 56.8 Å². The number of hydrogen-bond acceptors (Lipinski definition) is 1. The molecule has 0 aromatic carbocycles. The zero-order valence-electron chi connectivity index (χ0n) is 4.61. The zero-order valence-corrected chi connectivity index (χ0v) is 7.58. The van der Waals surface area contributed by atoms with Crippen molar-refractivity contribution >= 4 is 37.7 Å². The molecule has 0 unspecified atom stereocenters. The van der Waals surface area contributed by atoms with E-state index in [9.17, 15) is 5.11 Å². The minimum Gasteiger partial charge on any atom is -1.00 e. The summed E-state index contributed by atoms with van der Waals surface area (Å²) in [5.41, 5.74) is 0. The van der Waals surface area contributed by atoms with Crippen LogP contribution in [0, 0.1) is 0 Å². The van der Waals surface area contributed by atoms with Gasteiger partial charge in [-0.3, -0.25) is 0 Å². The van der Waals surface area contributed by atoms with E-state index >= 15 is 0 Å². The second-order valence-electron chi connectivity index (χ2n) is 1.06. The summed E-state index contributed by atoms with van der Waals surface area (Å²) in [4.78, 5) is 0. The van der Waals surface area contributed by atoms with Gasteiger partial charge in [0.1, 0.15) is 0 Å². The molecule has 1 nitrogen and oxygen atoms in total. The van der Waals surface area contributed by atoms with Crippen molar-refractivity contribution in [2.45, 2.75) is 19.8 Å². The van der Waals surface area contributed by atoms with Crippen LogP contribution in [0.4, 0.5) is 0 Å². The molecule has 0 saturated carbocycles. The number of hydrogen-bond donors (Lipinski definition) is 0. The summed E-state index contributed by atoms with van der Waals surface area (Å²) in [6.07, 6.45) is 1.86. The van der Waals surface area contributed by atoms with Crippen molar-refractivity contribution in [3.63, 3.8) is 0 Å². The van der Waals surface area contributed by atoms with Gasteiger partial charge in [0.05, 0.1) is 0 Å². The molecule has 0 bridgehead atoms. The van der Waals surface area contributed by atoms with E-state index in [1.165, 1.54) is 0 Å². The van der Waals surface area contributed by atoms with Crippen LogP contribution in [0.5, 0.6) is 0 Å². The van der Waals surface area contributed by atoms with Crippen LogP contribution in [0.2, 0.25) is 0 Å². The van der Waals surface area contributed by atoms with Crippen LogP contribution in [-0.4, -0.2) is 44.3 Å². The molecule has 0 heterocycles. The summed E-state index contributed by atoms with van der Waals surface area (Å²) in [5, 5.41) is 9.53. The Morgan fingerprint density at radius 3 is 1.86 bits per heavy atom. The Bertz CT molecular complexity index is 19.2. The van der Waals surface area contributed by atoms with Crippen molar-refractivity contribution in [2.24, 2.45) is 0 Å². The Morgan fingerprint density at radius 1 is 1.43 bits per heavy atom. The Morgan fingerprint density at radius 2 is 1.86 bits per heavy atom. The van der Waals surface area contributed by atoms with E-state index < -0.39 is 0 Å². The number of halogens is 1. The summed E-state index contributed by atoms with van der Waals surface area (Å²) < 4.78 is 0. The average Bonchev–Trinajstić information content (AvgIpc) is 1.41. The van der Waals surface area contributed by atoms with Gasteiger partial charge in [-0.2, -0.15) is 0 Å². The van der Waals surface area contributed by atoms with Crippen LogP contribution < -0.4 is 17.5 Å². The van der Waals surface area contributed by atoms with Gasteiger partial charge >= 0.3 is 37.7 Å². The Labute approximate surface area is 80.9 Å². The van der Waals surface area contributed by atoms with Crippen LogP contribution in [0.15, 0.2) is 0 Å². The van der Waals surface area contributed by atoms with Crippen molar-refractivity contribution in [1.29, 1.82) is 0 Å². The predicted octanol–water partition coefficient (Wildman–Crippen LogP) is -3.23. The third kappa shape index (κ3) is 18.5. The van der Waals surface area contributed by atoms with Crippen molar-refractivity contribution in [2.75, 3.05) is 6.61 Å². The molecule has 0 saturated heterocycles. The van der Waals surface area contributed by atoms with Crippen LogP contribution in [0.1, 0.15) is 19.8 Å². The fraction of sp³-hybridized carbons (Fsp3) is 1.00. The molecule has 0 aromatic rings. The molecule has 40 valence electrons. The van der Waals surface area contributed by atoms with E-state index in [1.54, 1.807) is 0 Å². The first kappa shape index (κ1) is 15.8. The molecule has 0 amide bonds. The van der Waals surface area contributed by atoms with Crippen LogP contribution >= 0.6 is 0 Å². The van der Waals surface area contributed by atoms with Crippen LogP contribution in [-0.2, 0) is 0 Å². The monoisotopic (exact) mass is 148 g/mol. The molecule has 0 aliphatic rings. The maximum atomic E-state index is 9.53. The largest absolute Gasteiger partial charge is 2.00 e. The second-order valence-corrected chi connectivity index (χ2v) is 1.06. The summed E-state index contributed by atoms with van der Waals surface area (Å²) in [7, 11) is 0. The maximum Gasteiger partial charge on any atom is 2.00 e. The first-order valence-corrected chi connectivity index (χ1v) is 2.00. The van der Waals surface area contributed by atoms with Gasteiger partial charge < -0.3 is 17.5 Å². The molecule has 0 aromatic heterocycles. The molecule has 7 heavy (non-hydrogen) atoms. The number of unbranched alkanes of at least 4 members (excludes halogenated alkanes) is 1. The topological polar surface area (TPSA) is 23.1 Å². The Hall–Kier alpha value is 1.51. The zero-order chi connectivity index (χ0) is 4.12. The second kappa shape index (κ2) is 15.6. The van der Waals surface area contributed by atoms with Crippen LogP contribution in [0.25, 0.3) is 0 Å². The minimum atomic E-state index is 0. The third-order valence-corrected chi connectivity index (χ3v) is 0.498. The van der Waals surface area contributed by atoms with Gasteiger partial charge in [-0.1, -0.05) is 19.8 Å². The third-order valence-electron chi connectivity index (χ3n) is 0.498. The van der Waals surface area contributed by atoms with Gasteiger partial charge in [0.15, 0.2) is 0 Å². The predicted molar refractivity (Wildman–Crippen MR) is 25.5 cm³/mol. The molecule has 0 aliphatic heterocycles. The normalized spacial score (nSPS) is 6.00. The quantitative estimate of drug-likeness (QED) is 0.378. The van der Waals surface area contributed by atoms with E-state index in [2.05, 4.69) is 0 Å². The molecule has 0 N–H and O–H groups in total. The van der Waals surface area contributed by atoms with Crippen molar-refractivity contribution < 1.29 is 17.5 Å². The summed E-state index contributed by atoms with van der Waals surface area (Å²) in [6, 6.07) is 0. The minimum absolute atomic E-state index is 0. The van der Waals surface area contributed by atoms with Gasteiger partial charge in [0.2, 0.25) is 0 Å². The van der Waals surface area contributed by atoms with Gasteiger partial charge in [-0.15, -0.1) is 6.61 Å². The molecule has 0 aliphatic carbocycles. The first-order chi connectivity index (χ1) is 2.41.